The fraction of sp³-hybridized carbons (Fsp3) is 0.167. The average molecular weight is 367 g/mol. The molecule has 2 heterocycles. The van der Waals surface area contributed by atoms with Crippen LogP contribution >= 0.6 is 0 Å². The summed E-state index contributed by atoms with van der Waals surface area (Å²) in [4.78, 5) is 31.3. The van der Waals surface area contributed by atoms with Gasteiger partial charge in [0.15, 0.2) is 6.79 Å². The number of non-ortho nitro benzene ring substituents is 1. The lowest BCUT2D eigenvalue weighted by Crippen LogP contribution is -2.15. The summed E-state index contributed by atoms with van der Waals surface area (Å²) in [6.45, 7) is 0.0672. The van der Waals surface area contributed by atoms with Crippen molar-refractivity contribution in [3.05, 3.63) is 69.5 Å². The molecule has 27 heavy (non-hydrogen) atoms. The van der Waals surface area contributed by atoms with E-state index in [1.54, 1.807) is 24.4 Å². The molecule has 0 N–H and O–H groups in total. The van der Waals surface area contributed by atoms with Crippen molar-refractivity contribution in [2.24, 2.45) is 0 Å². The van der Waals surface area contributed by atoms with E-state index in [4.69, 9.17) is 14.2 Å². The highest BCUT2D eigenvalue weighted by atomic mass is 16.7. The van der Waals surface area contributed by atoms with Crippen molar-refractivity contribution < 1.29 is 23.9 Å². The molecule has 0 radical (unpaired) electrons. The Bertz CT molecular complexity index is 1050. The van der Waals surface area contributed by atoms with Crippen LogP contribution in [0.25, 0.3) is 11.0 Å². The fourth-order valence-corrected chi connectivity index (χ4v) is 2.81. The molecule has 0 fully saturated rings. The zero-order valence-electron chi connectivity index (χ0n) is 14.0. The number of hydrogen-bond acceptors (Lipinski definition) is 8. The summed E-state index contributed by atoms with van der Waals surface area (Å²) in [5, 5.41) is 11.1. The minimum Gasteiger partial charge on any atom is -0.467 e. The molecule has 9 heteroatoms. The van der Waals surface area contributed by atoms with Crippen LogP contribution in [-0.4, -0.2) is 27.7 Å². The van der Waals surface area contributed by atoms with Crippen LogP contribution in [0.1, 0.15) is 21.5 Å². The lowest BCUT2D eigenvalue weighted by atomic mass is 10.1. The number of hydrogen-bond donors (Lipinski definition) is 0. The van der Waals surface area contributed by atoms with Gasteiger partial charge in [0.25, 0.3) is 5.69 Å². The first-order chi connectivity index (χ1) is 13.1. The number of aromatic nitrogens is 2. The van der Waals surface area contributed by atoms with Gasteiger partial charge in [-0.05, 0) is 18.2 Å². The highest BCUT2D eigenvalue weighted by Crippen LogP contribution is 2.33. The second kappa shape index (κ2) is 6.96. The van der Waals surface area contributed by atoms with E-state index in [-0.39, 0.29) is 25.7 Å². The molecule has 3 aromatic rings. The predicted octanol–water partition coefficient (Wildman–Crippen LogP) is 2.76. The fourth-order valence-electron chi connectivity index (χ4n) is 2.81. The Labute approximate surface area is 152 Å². The average Bonchev–Trinajstić information content (AvgIpc) is 2.71. The third kappa shape index (κ3) is 3.40. The van der Waals surface area contributed by atoms with Gasteiger partial charge in [0.05, 0.1) is 28.1 Å². The van der Waals surface area contributed by atoms with E-state index < -0.39 is 10.9 Å². The van der Waals surface area contributed by atoms with Crippen LogP contribution in [0.5, 0.6) is 5.75 Å². The molecule has 1 aromatic heterocycles. The number of carbonyl (C=O) groups excluding carboxylic acids is 1. The number of nitro benzene ring substituents is 1. The van der Waals surface area contributed by atoms with Crippen molar-refractivity contribution >= 4 is 22.7 Å². The molecule has 0 atom stereocenters. The Hall–Kier alpha value is -3.59. The summed E-state index contributed by atoms with van der Waals surface area (Å²) in [7, 11) is 0. The molecule has 2 aromatic carbocycles. The van der Waals surface area contributed by atoms with Crippen molar-refractivity contribution in [3.8, 4) is 5.75 Å². The van der Waals surface area contributed by atoms with Gasteiger partial charge in [-0.1, -0.05) is 0 Å². The van der Waals surface area contributed by atoms with E-state index >= 15 is 0 Å². The van der Waals surface area contributed by atoms with Gasteiger partial charge in [0.2, 0.25) is 0 Å². The maximum atomic E-state index is 12.4. The molecule has 0 unspecified atom stereocenters. The van der Waals surface area contributed by atoms with E-state index in [0.717, 1.165) is 0 Å². The van der Waals surface area contributed by atoms with Gasteiger partial charge < -0.3 is 14.2 Å². The number of rotatable bonds is 4. The standard InChI is InChI=1S/C18H13N3O6/c22-18(11-1-2-15-16(7-11)20-4-3-19-15)26-9-13-6-14(21(23)24)5-12-8-25-10-27-17(12)13/h1-7H,8-10H2. The van der Waals surface area contributed by atoms with Gasteiger partial charge in [0, 0.05) is 35.7 Å². The Morgan fingerprint density at radius 2 is 2.00 bits per heavy atom. The van der Waals surface area contributed by atoms with Crippen LogP contribution in [0, 0.1) is 10.1 Å². The SMILES string of the molecule is O=C(OCc1cc([N+](=O)[O-])cc2c1OCOC2)c1ccc2nccnc2c1. The maximum Gasteiger partial charge on any atom is 0.338 e. The summed E-state index contributed by atoms with van der Waals surface area (Å²) < 4.78 is 15.9. The molecular weight excluding hydrogens is 354 g/mol. The predicted molar refractivity (Wildman–Crippen MR) is 92.0 cm³/mol. The smallest absolute Gasteiger partial charge is 0.338 e. The number of carbonyl (C=O) groups is 1. The quantitative estimate of drug-likeness (QED) is 0.393. The minimum atomic E-state index is -0.574. The molecule has 4 rings (SSSR count). The number of fused-ring (bicyclic) bond motifs is 2. The molecule has 0 bridgehead atoms. The molecule has 9 nitrogen and oxygen atoms in total. The van der Waals surface area contributed by atoms with Crippen molar-refractivity contribution in [1.29, 1.82) is 0 Å². The lowest BCUT2D eigenvalue weighted by molar-refractivity contribution is -0.385. The number of benzene rings is 2. The first kappa shape index (κ1) is 16.9. The van der Waals surface area contributed by atoms with Crippen molar-refractivity contribution in [2.45, 2.75) is 13.2 Å². The second-order valence-corrected chi connectivity index (χ2v) is 5.80. The van der Waals surface area contributed by atoms with Crippen LogP contribution in [0.3, 0.4) is 0 Å². The molecule has 1 aliphatic heterocycles. The Morgan fingerprint density at radius 1 is 1.19 bits per heavy atom. The van der Waals surface area contributed by atoms with E-state index in [1.807, 2.05) is 0 Å². The third-order valence-corrected chi connectivity index (χ3v) is 4.05. The summed E-state index contributed by atoms with van der Waals surface area (Å²) in [5.74, 6) is -0.126. The van der Waals surface area contributed by atoms with E-state index in [1.165, 1.54) is 18.3 Å². The van der Waals surface area contributed by atoms with Crippen LogP contribution in [0.15, 0.2) is 42.7 Å². The van der Waals surface area contributed by atoms with E-state index in [0.29, 0.717) is 33.5 Å². The van der Waals surface area contributed by atoms with E-state index in [9.17, 15) is 14.9 Å². The first-order valence-electron chi connectivity index (χ1n) is 8.00. The number of nitrogens with zero attached hydrogens (tertiary/aromatic N) is 3. The minimum absolute atomic E-state index is 0.0368. The summed E-state index contributed by atoms with van der Waals surface area (Å²) in [6, 6.07) is 7.57. The Balaban J connectivity index is 1.57. The molecular formula is C18H13N3O6. The van der Waals surface area contributed by atoms with E-state index in [2.05, 4.69) is 9.97 Å². The summed E-state index contributed by atoms with van der Waals surface area (Å²) in [5.41, 5.74) is 2.38. The molecule has 0 amide bonds. The van der Waals surface area contributed by atoms with Gasteiger partial charge in [0.1, 0.15) is 12.4 Å². The van der Waals surface area contributed by atoms with Crippen LogP contribution in [0.4, 0.5) is 5.69 Å². The number of ether oxygens (including phenoxy) is 3. The lowest BCUT2D eigenvalue weighted by Gasteiger charge is -2.20. The highest BCUT2D eigenvalue weighted by Gasteiger charge is 2.22. The van der Waals surface area contributed by atoms with Gasteiger partial charge >= 0.3 is 5.97 Å². The molecule has 0 saturated carbocycles. The zero-order chi connectivity index (χ0) is 18.8. The normalized spacial score (nSPS) is 12.9. The molecule has 0 spiro atoms. The number of nitro groups is 1. The largest absolute Gasteiger partial charge is 0.467 e. The zero-order valence-corrected chi connectivity index (χ0v) is 14.0. The second-order valence-electron chi connectivity index (χ2n) is 5.80. The van der Waals surface area contributed by atoms with Crippen LogP contribution in [-0.2, 0) is 22.7 Å². The van der Waals surface area contributed by atoms with Crippen LogP contribution in [0.2, 0.25) is 0 Å². The van der Waals surface area contributed by atoms with Gasteiger partial charge in [-0.25, -0.2) is 4.79 Å². The number of esters is 1. The molecule has 0 saturated heterocycles. The summed E-state index contributed by atoms with van der Waals surface area (Å²) >= 11 is 0. The highest BCUT2D eigenvalue weighted by molar-refractivity contribution is 5.93. The van der Waals surface area contributed by atoms with Gasteiger partial charge in [-0.15, -0.1) is 0 Å². The monoisotopic (exact) mass is 367 g/mol. The summed E-state index contributed by atoms with van der Waals surface area (Å²) in [6.07, 6.45) is 3.10. The molecule has 136 valence electrons. The Kier molecular flexibility index (Phi) is 4.35. The van der Waals surface area contributed by atoms with Gasteiger partial charge in [-0.3, -0.25) is 20.1 Å². The van der Waals surface area contributed by atoms with Crippen molar-refractivity contribution in [1.82, 2.24) is 9.97 Å². The third-order valence-electron chi connectivity index (χ3n) is 4.05. The Morgan fingerprint density at radius 3 is 2.81 bits per heavy atom. The maximum absolute atomic E-state index is 12.4. The van der Waals surface area contributed by atoms with Crippen LogP contribution < -0.4 is 4.74 Å². The molecule has 0 aliphatic carbocycles. The van der Waals surface area contributed by atoms with Crippen molar-refractivity contribution in [2.75, 3.05) is 6.79 Å². The van der Waals surface area contributed by atoms with Crippen molar-refractivity contribution in [3.63, 3.8) is 0 Å². The topological polar surface area (TPSA) is 114 Å². The first-order valence-corrected chi connectivity index (χ1v) is 8.00. The van der Waals surface area contributed by atoms with Gasteiger partial charge in [-0.2, -0.15) is 0 Å². The molecule has 1 aliphatic rings.